The number of nitrogens with zero attached hydrogens (tertiary/aromatic N) is 1. The van der Waals surface area contributed by atoms with Gasteiger partial charge in [-0.15, -0.1) is 0 Å². The van der Waals surface area contributed by atoms with Gasteiger partial charge >= 0.3 is 0 Å². The van der Waals surface area contributed by atoms with Crippen molar-refractivity contribution in [2.24, 2.45) is 0 Å². The number of nitrogens with one attached hydrogen (secondary N) is 1. The molecule has 1 aliphatic rings. The molecule has 0 radical (unpaired) electrons. The first-order valence-electron chi connectivity index (χ1n) is 7.31. The fourth-order valence-corrected chi connectivity index (χ4v) is 2.93. The zero-order valence-electron chi connectivity index (χ0n) is 13.1. The summed E-state index contributed by atoms with van der Waals surface area (Å²) in [6.45, 7) is 9.71. The van der Waals surface area contributed by atoms with Gasteiger partial charge in [0, 0.05) is 38.3 Å². The standard InChI is InChI=1S/C16H26N2O2/c1-12-11-15(19-3)13(2)14(16(12)20-4)5-8-18-9-6-17-7-10-18/h11,17H,5-10H2,1-4H3. The van der Waals surface area contributed by atoms with E-state index in [9.17, 15) is 0 Å². The zero-order valence-corrected chi connectivity index (χ0v) is 13.1. The first kappa shape index (κ1) is 15.1. The fraction of sp³-hybridized carbons (Fsp3) is 0.625. The summed E-state index contributed by atoms with van der Waals surface area (Å²) in [5.41, 5.74) is 3.62. The topological polar surface area (TPSA) is 33.7 Å². The minimum atomic E-state index is 0.957. The van der Waals surface area contributed by atoms with Crippen LogP contribution in [-0.2, 0) is 6.42 Å². The summed E-state index contributed by atoms with van der Waals surface area (Å²) in [6.07, 6.45) is 1.01. The molecule has 1 fully saturated rings. The Morgan fingerprint density at radius 1 is 1.15 bits per heavy atom. The monoisotopic (exact) mass is 278 g/mol. The van der Waals surface area contributed by atoms with Crippen molar-refractivity contribution >= 4 is 0 Å². The highest BCUT2D eigenvalue weighted by Crippen LogP contribution is 2.33. The Labute approximate surface area is 122 Å². The van der Waals surface area contributed by atoms with Crippen LogP contribution in [0.4, 0.5) is 0 Å². The number of aryl methyl sites for hydroxylation is 1. The highest BCUT2D eigenvalue weighted by Gasteiger charge is 2.16. The van der Waals surface area contributed by atoms with Crippen molar-refractivity contribution in [2.45, 2.75) is 20.3 Å². The molecule has 0 bridgehead atoms. The van der Waals surface area contributed by atoms with Crippen molar-refractivity contribution < 1.29 is 9.47 Å². The number of methoxy groups -OCH3 is 2. The van der Waals surface area contributed by atoms with Crippen LogP contribution in [0.3, 0.4) is 0 Å². The van der Waals surface area contributed by atoms with Crippen molar-refractivity contribution in [3.63, 3.8) is 0 Å². The molecule has 1 aliphatic heterocycles. The Morgan fingerprint density at radius 3 is 2.45 bits per heavy atom. The second-order valence-corrected chi connectivity index (χ2v) is 5.37. The van der Waals surface area contributed by atoms with E-state index in [2.05, 4.69) is 30.1 Å². The van der Waals surface area contributed by atoms with Gasteiger partial charge in [-0.05, 0) is 37.5 Å². The van der Waals surface area contributed by atoms with E-state index in [-0.39, 0.29) is 0 Å². The first-order valence-corrected chi connectivity index (χ1v) is 7.31. The Kier molecular flexibility index (Phi) is 5.26. The maximum absolute atomic E-state index is 5.61. The van der Waals surface area contributed by atoms with Crippen LogP contribution in [0.2, 0.25) is 0 Å². The average Bonchev–Trinajstić information content (AvgIpc) is 2.48. The van der Waals surface area contributed by atoms with Crippen LogP contribution in [0.1, 0.15) is 16.7 Å². The highest BCUT2D eigenvalue weighted by molar-refractivity contribution is 5.52. The van der Waals surface area contributed by atoms with Gasteiger partial charge in [0.2, 0.25) is 0 Å². The van der Waals surface area contributed by atoms with Gasteiger partial charge in [-0.2, -0.15) is 0 Å². The summed E-state index contributed by atoms with van der Waals surface area (Å²) in [5, 5.41) is 3.39. The molecule has 1 saturated heterocycles. The van der Waals surface area contributed by atoms with Crippen LogP contribution in [0.15, 0.2) is 6.07 Å². The smallest absolute Gasteiger partial charge is 0.125 e. The maximum Gasteiger partial charge on any atom is 0.125 e. The zero-order chi connectivity index (χ0) is 14.5. The number of piperazine rings is 1. The molecule has 1 aromatic carbocycles. The van der Waals surface area contributed by atoms with E-state index in [0.29, 0.717) is 0 Å². The molecule has 1 heterocycles. The minimum Gasteiger partial charge on any atom is -0.496 e. The predicted molar refractivity (Wildman–Crippen MR) is 82.0 cm³/mol. The lowest BCUT2D eigenvalue weighted by Gasteiger charge is -2.28. The lowest BCUT2D eigenvalue weighted by atomic mass is 9.99. The Morgan fingerprint density at radius 2 is 1.85 bits per heavy atom. The first-order chi connectivity index (χ1) is 9.67. The average molecular weight is 278 g/mol. The molecule has 0 saturated carbocycles. The minimum absolute atomic E-state index is 0.957. The SMILES string of the molecule is COc1cc(C)c(OC)c(CCN2CCNCC2)c1C. The van der Waals surface area contributed by atoms with Gasteiger partial charge in [-0.1, -0.05) is 0 Å². The van der Waals surface area contributed by atoms with Gasteiger partial charge < -0.3 is 19.7 Å². The van der Waals surface area contributed by atoms with Crippen LogP contribution in [0.5, 0.6) is 11.5 Å². The molecule has 2 rings (SSSR count). The molecule has 1 N–H and O–H groups in total. The number of hydrogen-bond acceptors (Lipinski definition) is 4. The molecule has 0 aromatic heterocycles. The van der Waals surface area contributed by atoms with Gasteiger partial charge in [-0.25, -0.2) is 0 Å². The Hall–Kier alpha value is -1.26. The van der Waals surface area contributed by atoms with Crippen molar-refractivity contribution in [3.05, 3.63) is 22.8 Å². The Balaban J connectivity index is 2.17. The van der Waals surface area contributed by atoms with Crippen LogP contribution >= 0.6 is 0 Å². The van der Waals surface area contributed by atoms with Crippen LogP contribution in [0.25, 0.3) is 0 Å². The molecule has 0 amide bonds. The van der Waals surface area contributed by atoms with Gasteiger partial charge in [0.05, 0.1) is 14.2 Å². The van der Waals surface area contributed by atoms with Crippen molar-refractivity contribution in [1.29, 1.82) is 0 Å². The quantitative estimate of drug-likeness (QED) is 0.890. The number of rotatable bonds is 5. The number of hydrogen-bond donors (Lipinski definition) is 1. The fourth-order valence-electron chi connectivity index (χ4n) is 2.93. The molecule has 4 heteroatoms. The van der Waals surface area contributed by atoms with Crippen LogP contribution in [-0.4, -0.2) is 51.8 Å². The van der Waals surface area contributed by atoms with Crippen molar-refractivity contribution in [1.82, 2.24) is 10.2 Å². The highest BCUT2D eigenvalue weighted by atomic mass is 16.5. The van der Waals surface area contributed by atoms with Crippen LogP contribution in [0, 0.1) is 13.8 Å². The molecule has 1 aromatic rings. The number of ether oxygens (including phenoxy) is 2. The number of benzene rings is 1. The third-order valence-electron chi connectivity index (χ3n) is 4.11. The maximum atomic E-state index is 5.61. The molecule has 0 atom stereocenters. The molecular weight excluding hydrogens is 252 g/mol. The lowest BCUT2D eigenvalue weighted by molar-refractivity contribution is 0.242. The third kappa shape index (κ3) is 3.25. The largest absolute Gasteiger partial charge is 0.496 e. The van der Waals surface area contributed by atoms with E-state index in [1.54, 1.807) is 14.2 Å². The summed E-state index contributed by atoms with van der Waals surface area (Å²) < 4.78 is 11.1. The van der Waals surface area contributed by atoms with Gasteiger partial charge in [-0.3, -0.25) is 0 Å². The lowest BCUT2D eigenvalue weighted by Crippen LogP contribution is -2.44. The summed E-state index contributed by atoms with van der Waals surface area (Å²) >= 11 is 0. The molecule has 0 unspecified atom stereocenters. The second kappa shape index (κ2) is 6.95. The van der Waals surface area contributed by atoms with Crippen molar-refractivity contribution in [2.75, 3.05) is 46.9 Å². The van der Waals surface area contributed by atoms with E-state index in [1.807, 2.05) is 0 Å². The van der Waals surface area contributed by atoms with Crippen molar-refractivity contribution in [3.8, 4) is 11.5 Å². The summed E-state index contributed by atoms with van der Waals surface area (Å²) in [6, 6.07) is 2.06. The van der Waals surface area contributed by atoms with E-state index in [1.165, 1.54) is 11.1 Å². The van der Waals surface area contributed by atoms with E-state index in [0.717, 1.165) is 56.2 Å². The molecule has 112 valence electrons. The normalized spacial score (nSPS) is 16.2. The third-order valence-corrected chi connectivity index (χ3v) is 4.11. The summed E-state index contributed by atoms with van der Waals surface area (Å²) in [7, 11) is 3.48. The molecule has 4 nitrogen and oxygen atoms in total. The molecule has 20 heavy (non-hydrogen) atoms. The van der Waals surface area contributed by atoms with E-state index < -0.39 is 0 Å². The van der Waals surface area contributed by atoms with Gasteiger partial charge in [0.15, 0.2) is 0 Å². The molecule has 0 spiro atoms. The van der Waals surface area contributed by atoms with Crippen LogP contribution < -0.4 is 14.8 Å². The Bertz CT molecular complexity index is 454. The van der Waals surface area contributed by atoms with Gasteiger partial charge in [0.1, 0.15) is 11.5 Å². The summed E-state index contributed by atoms with van der Waals surface area (Å²) in [4.78, 5) is 2.50. The molecule has 0 aliphatic carbocycles. The summed E-state index contributed by atoms with van der Waals surface area (Å²) in [5.74, 6) is 1.97. The van der Waals surface area contributed by atoms with E-state index >= 15 is 0 Å². The van der Waals surface area contributed by atoms with E-state index in [4.69, 9.17) is 9.47 Å². The second-order valence-electron chi connectivity index (χ2n) is 5.37. The van der Waals surface area contributed by atoms with Gasteiger partial charge in [0.25, 0.3) is 0 Å². The molecular formula is C16H26N2O2. The predicted octanol–water partition coefficient (Wildman–Crippen LogP) is 1.77.